The van der Waals surface area contributed by atoms with Crippen molar-refractivity contribution in [1.82, 2.24) is 25.0 Å². The van der Waals surface area contributed by atoms with E-state index in [1.165, 1.54) is 0 Å². The minimum Gasteiger partial charge on any atom is -0.246 e. The average Bonchev–Trinajstić information content (AvgIpc) is 2.62. The van der Waals surface area contributed by atoms with Gasteiger partial charge in [0.25, 0.3) is 0 Å². The summed E-state index contributed by atoms with van der Waals surface area (Å²) in [6.07, 6.45) is 1.66. The van der Waals surface area contributed by atoms with Gasteiger partial charge in [-0.15, -0.1) is 5.10 Å². The molecule has 0 amide bonds. The third kappa shape index (κ3) is 2.44. The van der Waals surface area contributed by atoms with Gasteiger partial charge in [0.1, 0.15) is 16.7 Å². The highest BCUT2D eigenvalue weighted by Gasteiger charge is 2.20. The van der Waals surface area contributed by atoms with E-state index >= 15 is 0 Å². The first-order valence-electron chi connectivity index (χ1n) is 5.28. The molecule has 0 fully saturated rings. The number of hydrogen-bond acceptors (Lipinski definition) is 4. The van der Waals surface area contributed by atoms with Crippen LogP contribution in [-0.2, 0) is 12.5 Å². The molecule has 90 valence electrons. The summed E-state index contributed by atoms with van der Waals surface area (Å²) in [5.41, 5.74) is 1.41. The Hall–Kier alpha value is -1.49. The largest absolute Gasteiger partial charge is 0.246 e. The number of nitrogens with zero attached hydrogens (tertiary/aromatic N) is 5. The molecule has 0 bridgehead atoms. The van der Waals surface area contributed by atoms with Crippen LogP contribution in [0.25, 0.3) is 11.4 Å². The SMILES string of the molecule is Cn1nncc1-c1cc(Cl)nc(C(C)(C)C)n1. The lowest BCUT2D eigenvalue weighted by Gasteiger charge is -2.17. The van der Waals surface area contributed by atoms with Crippen LogP contribution in [0.15, 0.2) is 12.3 Å². The fourth-order valence-electron chi connectivity index (χ4n) is 1.41. The molecule has 0 atom stereocenters. The van der Waals surface area contributed by atoms with Gasteiger partial charge in [0.2, 0.25) is 0 Å². The van der Waals surface area contributed by atoms with Crippen molar-refractivity contribution in [3.8, 4) is 11.4 Å². The molecule has 17 heavy (non-hydrogen) atoms. The van der Waals surface area contributed by atoms with E-state index in [1.54, 1.807) is 16.9 Å². The summed E-state index contributed by atoms with van der Waals surface area (Å²) in [6.45, 7) is 6.14. The molecule has 0 radical (unpaired) electrons. The normalized spacial score (nSPS) is 11.8. The number of hydrogen-bond donors (Lipinski definition) is 0. The van der Waals surface area contributed by atoms with E-state index in [4.69, 9.17) is 11.6 Å². The van der Waals surface area contributed by atoms with E-state index in [0.29, 0.717) is 11.0 Å². The molecule has 2 rings (SSSR count). The van der Waals surface area contributed by atoms with Crippen molar-refractivity contribution in [3.05, 3.63) is 23.2 Å². The Morgan fingerprint density at radius 3 is 2.47 bits per heavy atom. The Bertz CT molecular complexity index is 541. The van der Waals surface area contributed by atoms with Crippen LogP contribution in [0.5, 0.6) is 0 Å². The summed E-state index contributed by atoms with van der Waals surface area (Å²) < 4.78 is 1.66. The number of halogens is 1. The molecule has 0 aliphatic heterocycles. The zero-order chi connectivity index (χ0) is 12.6. The predicted molar refractivity (Wildman–Crippen MR) is 65.7 cm³/mol. The average molecular weight is 252 g/mol. The van der Waals surface area contributed by atoms with Crippen LogP contribution in [-0.4, -0.2) is 25.0 Å². The lowest BCUT2D eigenvalue weighted by Crippen LogP contribution is -2.16. The molecule has 0 saturated carbocycles. The van der Waals surface area contributed by atoms with Gasteiger partial charge in [-0.25, -0.2) is 14.6 Å². The van der Waals surface area contributed by atoms with Gasteiger partial charge >= 0.3 is 0 Å². The Labute approximate surface area is 105 Å². The van der Waals surface area contributed by atoms with Crippen LogP contribution in [0.3, 0.4) is 0 Å². The molecule has 0 spiro atoms. The maximum atomic E-state index is 6.02. The van der Waals surface area contributed by atoms with Crippen LogP contribution >= 0.6 is 11.6 Å². The second-order valence-corrected chi connectivity index (χ2v) is 5.28. The van der Waals surface area contributed by atoms with E-state index in [2.05, 4.69) is 20.3 Å². The van der Waals surface area contributed by atoms with E-state index in [1.807, 2.05) is 27.8 Å². The van der Waals surface area contributed by atoms with Crippen molar-refractivity contribution < 1.29 is 0 Å². The molecule has 6 heteroatoms. The van der Waals surface area contributed by atoms with Crippen LogP contribution in [0.2, 0.25) is 5.15 Å². The van der Waals surface area contributed by atoms with Crippen LogP contribution in [0, 0.1) is 0 Å². The second-order valence-electron chi connectivity index (χ2n) is 4.89. The Morgan fingerprint density at radius 2 is 1.94 bits per heavy atom. The number of aromatic nitrogens is 5. The second kappa shape index (κ2) is 4.07. The first-order valence-corrected chi connectivity index (χ1v) is 5.66. The van der Waals surface area contributed by atoms with Crippen molar-refractivity contribution in [1.29, 1.82) is 0 Å². The molecule has 2 heterocycles. The van der Waals surface area contributed by atoms with Crippen LogP contribution in [0.1, 0.15) is 26.6 Å². The molecule has 0 aliphatic rings. The van der Waals surface area contributed by atoms with Crippen LogP contribution < -0.4 is 0 Å². The lowest BCUT2D eigenvalue weighted by atomic mass is 9.95. The van der Waals surface area contributed by atoms with E-state index in [-0.39, 0.29) is 5.41 Å². The van der Waals surface area contributed by atoms with Gasteiger partial charge in [-0.3, -0.25) is 0 Å². The zero-order valence-corrected chi connectivity index (χ0v) is 11.0. The van der Waals surface area contributed by atoms with Crippen molar-refractivity contribution in [2.24, 2.45) is 7.05 Å². The fraction of sp³-hybridized carbons (Fsp3) is 0.455. The molecular weight excluding hydrogens is 238 g/mol. The highest BCUT2D eigenvalue weighted by atomic mass is 35.5. The smallest absolute Gasteiger partial charge is 0.136 e. The fourth-order valence-corrected chi connectivity index (χ4v) is 1.59. The van der Waals surface area contributed by atoms with E-state index < -0.39 is 0 Å². The molecule has 0 unspecified atom stereocenters. The van der Waals surface area contributed by atoms with Gasteiger partial charge < -0.3 is 0 Å². The third-order valence-corrected chi connectivity index (χ3v) is 2.54. The quantitative estimate of drug-likeness (QED) is 0.730. The first kappa shape index (κ1) is 12.0. The Morgan fingerprint density at radius 1 is 1.24 bits per heavy atom. The molecule has 0 aromatic carbocycles. The van der Waals surface area contributed by atoms with Gasteiger partial charge in [-0.2, -0.15) is 0 Å². The van der Waals surface area contributed by atoms with Crippen LogP contribution in [0.4, 0.5) is 0 Å². The zero-order valence-electron chi connectivity index (χ0n) is 10.3. The summed E-state index contributed by atoms with van der Waals surface area (Å²) in [7, 11) is 1.81. The standard InChI is InChI=1S/C11H14ClN5/c1-11(2,3)10-14-7(5-9(12)15-10)8-6-13-16-17(8)4/h5-6H,1-4H3. The summed E-state index contributed by atoms with van der Waals surface area (Å²) in [6, 6.07) is 1.72. The summed E-state index contributed by atoms with van der Waals surface area (Å²) >= 11 is 6.02. The molecule has 0 aliphatic carbocycles. The number of aryl methyl sites for hydroxylation is 1. The third-order valence-electron chi connectivity index (χ3n) is 2.34. The van der Waals surface area contributed by atoms with Gasteiger partial charge in [0, 0.05) is 18.5 Å². The van der Waals surface area contributed by atoms with Crippen molar-refractivity contribution in [3.63, 3.8) is 0 Å². The summed E-state index contributed by atoms with van der Waals surface area (Å²) in [5, 5.41) is 8.14. The monoisotopic (exact) mass is 251 g/mol. The molecule has 2 aromatic rings. The van der Waals surface area contributed by atoms with Gasteiger partial charge in [-0.05, 0) is 0 Å². The summed E-state index contributed by atoms with van der Waals surface area (Å²) in [4.78, 5) is 8.76. The maximum Gasteiger partial charge on any atom is 0.136 e. The molecule has 0 saturated heterocycles. The molecule has 2 aromatic heterocycles. The minimum atomic E-state index is -0.147. The van der Waals surface area contributed by atoms with Crippen molar-refractivity contribution in [2.75, 3.05) is 0 Å². The van der Waals surface area contributed by atoms with Gasteiger partial charge in [-0.1, -0.05) is 37.6 Å². The Balaban J connectivity index is 2.57. The van der Waals surface area contributed by atoms with Gasteiger partial charge in [0.05, 0.1) is 11.9 Å². The van der Waals surface area contributed by atoms with Crippen molar-refractivity contribution in [2.45, 2.75) is 26.2 Å². The topological polar surface area (TPSA) is 56.5 Å². The van der Waals surface area contributed by atoms with Gasteiger partial charge in [0.15, 0.2) is 0 Å². The van der Waals surface area contributed by atoms with E-state index in [0.717, 1.165) is 11.4 Å². The maximum absolute atomic E-state index is 6.02. The molecule has 0 N–H and O–H groups in total. The highest BCUT2D eigenvalue weighted by Crippen LogP contribution is 2.24. The molecular formula is C11H14ClN5. The first-order chi connectivity index (χ1) is 7.88. The summed E-state index contributed by atoms with van der Waals surface area (Å²) in [5.74, 6) is 0.709. The van der Waals surface area contributed by atoms with E-state index in [9.17, 15) is 0 Å². The predicted octanol–water partition coefficient (Wildman–Crippen LogP) is 2.22. The molecule has 5 nitrogen and oxygen atoms in total. The minimum absolute atomic E-state index is 0.147. The highest BCUT2D eigenvalue weighted by molar-refractivity contribution is 6.29. The number of rotatable bonds is 1. The van der Waals surface area contributed by atoms with Crippen molar-refractivity contribution >= 4 is 11.6 Å². The Kier molecular flexibility index (Phi) is 2.87. The lowest BCUT2D eigenvalue weighted by molar-refractivity contribution is 0.545.